The van der Waals surface area contributed by atoms with Gasteiger partial charge in [-0.05, 0) is 39.8 Å². The van der Waals surface area contributed by atoms with Crippen LogP contribution in [0.1, 0.15) is 30.5 Å². The SMILES string of the molecule is BC1(B)C=Cc2c3c(c4cc(OC)c(OC)cc4c2O1)-c1ccccc1C3(C)C. The largest absolute Gasteiger partial charge is 0.500 e. The van der Waals surface area contributed by atoms with Gasteiger partial charge < -0.3 is 14.2 Å². The van der Waals surface area contributed by atoms with Crippen molar-refractivity contribution in [2.45, 2.75) is 24.7 Å². The number of hydrogen-bond acceptors (Lipinski definition) is 3. The normalized spacial score (nSPS) is 17.2. The first-order valence-corrected chi connectivity index (χ1v) is 10.0. The fraction of sp³-hybridized carbons (Fsp3) is 0.250. The molecule has 1 heterocycles. The molecule has 29 heavy (non-hydrogen) atoms. The van der Waals surface area contributed by atoms with Crippen molar-refractivity contribution in [1.82, 2.24) is 0 Å². The predicted octanol–water partition coefficient (Wildman–Crippen LogP) is 3.49. The third-order valence-electron chi connectivity index (χ3n) is 6.31. The molecule has 0 N–H and O–H groups in total. The van der Waals surface area contributed by atoms with E-state index in [9.17, 15) is 0 Å². The second-order valence-corrected chi connectivity index (χ2v) is 8.96. The Labute approximate surface area is 173 Å². The highest BCUT2D eigenvalue weighted by atomic mass is 16.5. The highest BCUT2D eigenvalue weighted by molar-refractivity contribution is 6.41. The quantitative estimate of drug-likeness (QED) is 0.636. The molecule has 0 saturated heterocycles. The Morgan fingerprint density at radius 3 is 2.28 bits per heavy atom. The molecule has 0 radical (unpaired) electrons. The predicted molar refractivity (Wildman–Crippen MR) is 124 cm³/mol. The summed E-state index contributed by atoms with van der Waals surface area (Å²) in [6, 6.07) is 12.9. The maximum atomic E-state index is 6.54. The second-order valence-electron chi connectivity index (χ2n) is 8.96. The van der Waals surface area contributed by atoms with Gasteiger partial charge in [-0.1, -0.05) is 50.3 Å². The molecule has 3 nitrogen and oxygen atoms in total. The van der Waals surface area contributed by atoms with Crippen molar-refractivity contribution < 1.29 is 14.2 Å². The lowest BCUT2D eigenvalue weighted by Gasteiger charge is -2.33. The number of fused-ring (bicyclic) bond motifs is 8. The number of ether oxygens (including phenoxy) is 3. The van der Waals surface area contributed by atoms with E-state index in [0.29, 0.717) is 5.75 Å². The Kier molecular flexibility index (Phi) is 3.68. The van der Waals surface area contributed by atoms with Crippen molar-refractivity contribution in [3.8, 4) is 28.4 Å². The van der Waals surface area contributed by atoms with Crippen LogP contribution in [0.3, 0.4) is 0 Å². The Bertz CT molecular complexity index is 1210. The van der Waals surface area contributed by atoms with Crippen molar-refractivity contribution in [3.05, 3.63) is 59.2 Å². The van der Waals surface area contributed by atoms with Crippen LogP contribution < -0.4 is 14.2 Å². The third-order valence-corrected chi connectivity index (χ3v) is 6.31. The number of hydrogen-bond donors (Lipinski definition) is 0. The van der Waals surface area contributed by atoms with Gasteiger partial charge in [0.15, 0.2) is 27.2 Å². The lowest BCUT2D eigenvalue weighted by Crippen LogP contribution is -2.37. The highest BCUT2D eigenvalue weighted by Crippen LogP contribution is 2.57. The molecule has 0 aromatic heterocycles. The molecule has 0 saturated carbocycles. The van der Waals surface area contributed by atoms with Crippen LogP contribution in [0.15, 0.2) is 42.5 Å². The highest BCUT2D eigenvalue weighted by Gasteiger charge is 2.41. The lowest BCUT2D eigenvalue weighted by atomic mass is 9.63. The summed E-state index contributed by atoms with van der Waals surface area (Å²) in [5.74, 6) is 2.37. The molecule has 3 aromatic rings. The first-order chi connectivity index (χ1) is 13.8. The van der Waals surface area contributed by atoms with Gasteiger partial charge in [-0.2, -0.15) is 0 Å². The first kappa shape index (κ1) is 18.2. The van der Waals surface area contributed by atoms with E-state index in [4.69, 9.17) is 14.2 Å². The van der Waals surface area contributed by atoms with Crippen molar-refractivity contribution in [3.63, 3.8) is 0 Å². The minimum Gasteiger partial charge on any atom is -0.500 e. The summed E-state index contributed by atoms with van der Waals surface area (Å²) >= 11 is 0. The number of methoxy groups -OCH3 is 2. The van der Waals surface area contributed by atoms with Crippen LogP contribution in [-0.4, -0.2) is 35.3 Å². The van der Waals surface area contributed by atoms with Crippen LogP contribution in [0.2, 0.25) is 0 Å². The van der Waals surface area contributed by atoms with Gasteiger partial charge in [-0.15, -0.1) is 0 Å². The molecule has 1 aliphatic heterocycles. The number of benzene rings is 3. The lowest BCUT2D eigenvalue weighted by molar-refractivity contribution is 0.287. The monoisotopic (exact) mass is 382 g/mol. The third kappa shape index (κ3) is 2.40. The summed E-state index contributed by atoms with van der Waals surface area (Å²) in [6.07, 6.45) is 4.39. The van der Waals surface area contributed by atoms with Crippen LogP contribution >= 0.6 is 0 Å². The molecule has 0 fully saturated rings. The zero-order chi connectivity index (χ0) is 20.6. The minimum absolute atomic E-state index is 0.119. The summed E-state index contributed by atoms with van der Waals surface area (Å²) in [5, 5.41) is 1.83. The van der Waals surface area contributed by atoms with Crippen molar-refractivity contribution in [2.75, 3.05) is 14.2 Å². The van der Waals surface area contributed by atoms with E-state index in [1.807, 2.05) is 0 Å². The Hall–Kier alpha value is -2.81. The molecule has 1 aliphatic carbocycles. The van der Waals surface area contributed by atoms with E-state index in [-0.39, 0.29) is 10.8 Å². The van der Waals surface area contributed by atoms with Gasteiger partial charge in [0.25, 0.3) is 0 Å². The van der Waals surface area contributed by atoms with Gasteiger partial charge in [0, 0.05) is 16.4 Å². The van der Waals surface area contributed by atoms with Crippen molar-refractivity contribution >= 4 is 32.5 Å². The van der Waals surface area contributed by atoms with Gasteiger partial charge in [-0.3, -0.25) is 0 Å². The summed E-state index contributed by atoms with van der Waals surface area (Å²) in [6.45, 7) is 4.61. The van der Waals surface area contributed by atoms with E-state index < -0.39 is 0 Å². The van der Waals surface area contributed by atoms with Crippen molar-refractivity contribution in [1.29, 1.82) is 0 Å². The Balaban J connectivity index is 2.01. The van der Waals surface area contributed by atoms with Crippen LogP contribution in [0, 0.1) is 0 Å². The fourth-order valence-corrected chi connectivity index (χ4v) is 4.96. The summed E-state index contributed by atoms with van der Waals surface area (Å²) in [4.78, 5) is 0. The Morgan fingerprint density at radius 1 is 0.931 bits per heavy atom. The molecule has 0 spiro atoms. The zero-order valence-corrected chi connectivity index (χ0v) is 17.8. The van der Waals surface area contributed by atoms with Gasteiger partial charge in [-0.25, -0.2) is 0 Å². The minimum atomic E-state index is -0.364. The molecule has 0 unspecified atom stereocenters. The average Bonchev–Trinajstić information content (AvgIpc) is 2.94. The van der Waals surface area contributed by atoms with E-state index in [2.05, 4.69) is 78.1 Å². The molecular formula is C24H24B2O3. The molecule has 0 amide bonds. The molecule has 2 aliphatic rings. The fourth-order valence-electron chi connectivity index (χ4n) is 4.96. The van der Waals surface area contributed by atoms with E-state index in [0.717, 1.165) is 22.3 Å². The molecule has 144 valence electrons. The van der Waals surface area contributed by atoms with Crippen molar-refractivity contribution in [2.24, 2.45) is 0 Å². The molecule has 3 aromatic carbocycles. The summed E-state index contributed by atoms with van der Waals surface area (Å²) in [5.41, 5.74) is 6.27. The first-order valence-electron chi connectivity index (χ1n) is 10.0. The van der Waals surface area contributed by atoms with Crippen LogP contribution in [-0.2, 0) is 5.41 Å². The molecule has 5 heteroatoms. The summed E-state index contributed by atoms with van der Waals surface area (Å²) < 4.78 is 17.8. The zero-order valence-electron chi connectivity index (χ0n) is 17.8. The van der Waals surface area contributed by atoms with Crippen LogP contribution in [0.4, 0.5) is 0 Å². The smallest absolute Gasteiger partial charge is 0.161 e. The van der Waals surface area contributed by atoms with Gasteiger partial charge in [0.2, 0.25) is 0 Å². The molecule has 5 rings (SSSR count). The van der Waals surface area contributed by atoms with E-state index in [1.165, 1.54) is 27.8 Å². The van der Waals surface area contributed by atoms with Gasteiger partial charge in [0.05, 0.1) is 19.6 Å². The summed E-state index contributed by atoms with van der Waals surface area (Å²) in [7, 11) is 7.54. The average molecular weight is 382 g/mol. The van der Waals surface area contributed by atoms with Gasteiger partial charge >= 0.3 is 0 Å². The number of rotatable bonds is 2. The standard InChI is InChI=1S/C24H24B2O3/c1-23(2)17-8-6-5-7-13(17)20-15-11-18(27-3)19(28-4)12-16(15)22-14(21(20)23)9-10-24(25,26)29-22/h5-12H,25-26H2,1-4H3. The van der Waals surface area contributed by atoms with Gasteiger partial charge in [0.1, 0.15) is 5.75 Å². The Morgan fingerprint density at radius 2 is 1.59 bits per heavy atom. The topological polar surface area (TPSA) is 27.7 Å². The van der Waals surface area contributed by atoms with Crippen LogP contribution in [0.25, 0.3) is 28.0 Å². The molecule has 0 bridgehead atoms. The van der Waals surface area contributed by atoms with E-state index in [1.54, 1.807) is 14.2 Å². The molecule has 0 atom stereocenters. The second kappa shape index (κ2) is 5.85. The maximum absolute atomic E-state index is 6.54. The maximum Gasteiger partial charge on any atom is 0.161 e. The van der Waals surface area contributed by atoms with E-state index >= 15 is 0 Å². The van der Waals surface area contributed by atoms with Crippen LogP contribution in [0.5, 0.6) is 17.2 Å². The molecular weight excluding hydrogens is 358 g/mol.